The molecule has 0 aromatic heterocycles. The zero-order valence-corrected chi connectivity index (χ0v) is 9.40. The first-order chi connectivity index (χ1) is 7.68. The highest BCUT2D eigenvalue weighted by molar-refractivity contribution is 5.87. The fourth-order valence-corrected chi connectivity index (χ4v) is 2.47. The van der Waals surface area contributed by atoms with E-state index in [1.54, 1.807) is 19.2 Å². The van der Waals surface area contributed by atoms with E-state index in [9.17, 15) is 4.79 Å². The molecule has 3 nitrogen and oxygen atoms in total. The molecule has 1 saturated carbocycles. The molecule has 0 atom stereocenters. The van der Waals surface area contributed by atoms with Crippen molar-refractivity contribution in [2.75, 3.05) is 7.11 Å². The number of ether oxygens (including phenoxy) is 1. The van der Waals surface area contributed by atoms with Gasteiger partial charge in [0.15, 0.2) is 0 Å². The van der Waals surface area contributed by atoms with Gasteiger partial charge in [0.25, 0.3) is 0 Å². The molecule has 1 aromatic rings. The summed E-state index contributed by atoms with van der Waals surface area (Å²) in [4.78, 5) is 10.8. The van der Waals surface area contributed by atoms with Crippen LogP contribution in [0.25, 0.3) is 0 Å². The molecule has 0 heterocycles. The van der Waals surface area contributed by atoms with Crippen LogP contribution in [0.1, 0.15) is 41.6 Å². The first-order valence-electron chi connectivity index (χ1n) is 5.57. The van der Waals surface area contributed by atoms with Gasteiger partial charge in [-0.25, -0.2) is 4.79 Å². The first kappa shape index (κ1) is 11.1. The van der Waals surface area contributed by atoms with Crippen LogP contribution >= 0.6 is 0 Å². The van der Waals surface area contributed by atoms with Gasteiger partial charge in [0.05, 0.1) is 11.2 Å². The third-order valence-electron chi connectivity index (χ3n) is 3.46. The van der Waals surface area contributed by atoms with E-state index in [0.29, 0.717) is 5.56 Å². The summed E-state index contributed by atoms with van der Waals surface area (Å²) in [6.45, 7) is 0. The van der Waals surface area contributed by atoms with E-state index in [0.717, 1.165) is 18.4 Å². The van der Waals surface area contributed by atoms with Gasteiger partial charge in [-0.1, -0.05) is 25.0 Å². The van der Waals surface area contributed by atoms with Crippen LogP contribution in [-0.2, 0) is 10.3 Å². The molecule has 16 heavy (non-hydrogen) atoms. The Kier molecular flexibility index (Phi) is 2.97. The molecule has 0 unspecified atom stereocenters. The van der Waals surface area contributed by atoms with Gasteiger partial charge in [0.2, 0.25) is 0 Å². The first-order valence-corrected chi connectivity index (χ1v) is 5.57. The Hall–Kier alpha value is -1.35. The fourth-order valence-electron chi connectivity index (χ4n) is 2.47. The quantitative estimate of drug-likeness (QED) is 0.852. The largest absolute Gasteiger partial charge is 0.478 e. The van der Waals surface area contributed by atoms with Crippen LogP contribution in [-0.4, -0.2) is 18.2 Å². The molecule has 1 aliphatic carbocycles. The van der Waals surface area contributed by atoms with E-state index in [2.05, 4.69) is 0 Å². The average Bonchev–Trinajstić information content (AvgIpc) is 2.79. The molecule has 2 rings (SSSR count). The fraction of sp³-hybridized carbons (Fsp3) is 0.462. The molecule has 0 amide bonds. The third kappa shape index (κ3) is 1.83. The Labute approximate surface area is 95.0 Å². The Morgan fingerprint density at radius 3 is 2.25 bits per heavy atom. The minimum Gasteiger partial charge on any atom is -0.478 e. The number of aromatic carboxylic acids is 1. The number of benzene rings is 1. The van der Waals surface area contributed by atoms with Crippen LogP contribution in [0, 0.1) is 0 Å². The van der Waals surface area contributed by atoms with Crippen LogP contribution in [0.15, 0.2) is 24.3 Å². The molecule has 1 aliphatic rings. The molecule has 0 aliphatic heterocycles. The second-order valence-electron chi connectivity index (χ2n) is 4.29. The van der Waals surface area contributed by atoms with Gasteiger partial charge in [0.1, 0.15) is 0 Å². The van der Waals surface area contributed by atoms with Crippen molar-refractivity contribution in [3.63, 3.8) is 0 Å². The van der Waals surface area contributed by atoms with E-state index in [1.165, 1.54) is 12.8 Å². The molecule has 0 bridgehead atoms. The van der Waals surface area contributed by atoms with Gasteiger partial charge in [-0.15, -0.1) is 0 Å². The number of carbonyl (C=O) groups is 1. The second kappa shape index (κ2) is 4.26. The number of carboxylic acid groups (broad SMARTS) is 1. The number of methoxy groups -OCH3 is 1. The summed E-state index contributed by atoms with van der Waals surface area (Å²) in [5, 5.41) is 8.83. The van der Waals surface area contributed by atoms with Gasteiger partial charge in [-0.3, -0.25) is 0 Å². The number of hydrogen-bond acceptors (Lipinski definition) is 2. The summed E-state index contributed by atoms with van der Waals surface area (Å²) in [6, 6.07) is 7.05. The predicted octanol–water partition coefficient (Wildman–Crippen LogP) is 2.80. The van der Waals surface area contributed by atoms with E-state index in [1.807, 2.05) is 12.1 Å². The lowest BCUT2D eigenvalue weighted by atomic mass is 9.91. The van der Waals surface area contributed by atoms with Gasteiger partial charge in [0, 0.05) is 7.11 Å². The smallest absolute Gasteiger partial charge is 0.335 e. The predicted molar refractivity (Wildman–Crippen MR) is 60.6 cm³/mol. The number of rotatable bonds is 3. The second-order valence-corrected chi connectivity index (χ2v) is 4.29. The van der Waals surface area contributed by atoms with Gasteiger partial charge >= 0.3 is 5.97 Å². The number of hydrogen-bond donors (Lipinski definition) is 1. The van der Waals surface area contributed by atoms with Crippen molar-refractivity contribution < 1.29 is 14.6 Å². The number of carboxylic acids is 1. The summed E-state index contributed by atoms with van der Waals surface area (Å²) in [5.74, 6) is -0.885. The van der Waals surface area contributed by atoms with Crippen LogP contribution in [0.2, 0.25) is 0 Å². The lowest BCUT2D eigenvalue weighted by Crippen LogP contribution is -2.24. The van der Waals surface area contributed by atoms with Crippen LogP contribution in [0.5, 0.6) is 0 Å². The highest BCUT2D eigenvalue weighted by Gasteiger charge is 2.35. The normalized spacial score (nSPS) is 18.6. The minimum atomic E-state index is -0.885. The van der Waals surface area contributed by atoms with E-state index in [4.69, 9.17) is 9.84 Å². The molecule has 1 fully saturated rings. The topological polar surface area (TPSA) is 46.5 Å². The molecule has 86 valence electrons. The summed E-state index contributed by atoms with van der Waals surface area (Å²) in [6.07, 6.45) is 4.40. The highest BCUT2D eigenvalue weighted by Crippen LogP contribution is 2.41. The van der Waals surface area contributed by atoms with Crippen LogP contribution < -0.4 is 0 Å². The Morgan fingerprint density at radius 1 is 1.25 bits per heavy atom. The van der Waals surface area contributed by atoms with Gasteiger partial charge in [-0.05, 0) is 30.5 Å². The van der Waals surface area contributed by atoms with Gasteiger partial charge in [-0.2, -0.15) is 0 Å². The van der Waals surface area contributed by atoms with Crippen molar-refractivity contribution in [3.8, 4) is 0 Å². The molecular weight excluding hydrogens is 204 g/mol. The van der Waals surface area contributed by atoms with E-state index < -0.39 is 5.97 Å². The monoisotopic (exact) mass is 220 g/mol. The van der Waals surface area contributed by atoms with Crippen LogP contribution in [0.3, 0.4) is 0 Å². The van der Waals surface area contributed by atoms with Crippen LogP contribution in [0.4, 0.5) is 0 Å². The van der Waals surface area contributed by atoms with E-state index >= 15 is 0 Å². The van der Waals surface area contributed by atoms with Gasteiger partial charge < -0.3 is 9.84 Å². The summed E-state index contributed by atoms with van der Waals surface area (Å²) in [5.41, 5.74) is 1.24. The third-order valence-corrected chi connectivity index (χ3v) is 3.46. The molecule has 0 saturated heterocycles. The maximum atomic E-state index is 10.8. The van der Waals surface area contributed by atoms with Crippen molar-refractivity contribution in [1.29, 1.82) is 0 Å². The summed E-state index contributed by atoms with van der Waals surface area (Å²) in [7, 11) is 1.73. The zero-order valence-electron chi connectivity index (χ0n) is 9.40. The summed E-state index contributed by atoms with van der Waals surface area (Å²) < 4.78 is 5.64. The Morgan fingerprint density at radius 2 is 1.81 bits per heavy atom. The molecular formula is C13H16O3. The Balaban J connectivity index is 2.29. The minimum absolute atomic E-state index is 0.183. The molecule has 3 heteroatoms. The maximum absolute atomic E-state index is 10.8. The maximum Gasteiger partial charge on any atom is 0.335 e. The molecule has 1 aromatic carbocycles. The SMILES string of the molecule is COC1(c2ccc(C(=O)O)cc2)CCCC1. The standard InChI is InChI=1S/C13H16O3/c1-16-13(8-2-3-9-13)11-6-4-10(5-7-11)12(14)15/h4-7H,2-3,8-9H2,1H3,(H,14,15). The van der Waals surface area contributed by atoms with Crippen molar-refractivity contribution in [2.45, 2.75) is 31.3 Å². The van der Waals surface area contributed by atoms with Crippen molar-refractivity contribution in [3.05, 3.63) is 35.4 Å². The lowest BCUT2D eigenvalue weighted by molar-refractivity contribution is -0.00873. The Bertz CT molecular complexity index is 375. The summed E-state index contributed by atoms with van der Waals surface area (Å²) >= 11 is 0. The lowest BCUT2D eigenvalue weighted by Gasteiger charge is -2.28. The van der Waals surface area contributed by atoms with E-state index in [-0.39, 0.29) is 5.60 Å². The average molecular weight is 220 g/mol. The molecule has 1 N–H and O–H groups in total. The zero-order chi connectivity index (χ0) is 11.6. The van der Waals surface area contributed by atoms with Crippen molar-refractivity contribution >= 4 is 5.97 Å². The van der Waals surface area contributed by atoms with Crippen molar-refractivity contribution in [2.24, 2.45) is 0 Å². The molecule has 0 radical (unpaired) electrons. The molecule has 0 spiro atoms. The highest BCUT2D eigenvalue weighted by atomic mass is 16.5. The van der Waals surface area contributed by atoms with Crippen molar-refractivity contribution in [1.82, 2.24) is 0 Å².